The Morgan fingerprint density at radius 1 is 1.12 bits per heavy atom. The Kier molecular flexibility index (Phi) is 4.98. The maximum Gasteiger partial charge on any atom is 0.254 e. The lowest BCUT2D eigenvalue weighted by Crippen LogP contribution is -2.33. The summed E-state index contributed by atoms with van der Waals surface area (Å²) < 4.78 is 5.24. The Bertz CT molecular complexity index is 771. The highest BCUT2D eigenvalue weighted by atomic mass is 16.3. The molecule has 122 valence electrons. The first-order chi connectivity index (χ1) is 11.8. The molecule has 2 aromatic heterocycles. The standard InChI is InChI=1S/C18H17N3O3/c22-9-8-21(12-14-2-1-7-19-10-14)18(23)16-5-3-15(4-6-16)17-11-20-13-24-17/h1-7,10-11,13,22H,8-9,12H2. The van der Waals surface area contributed by atoms with E-state index in [-0.39, 0.29) is 19.1 Å². The van der Waals surface area contributed by atoms with Crippen LogP contribution in [0.2, 0.25) is 0 Å². The molecule has 0 bridgehead atoms. The molecule has 0 unspecified atom stereocenters. The molecule has 0 atom stereocenters. The Morgan fingerprint density at radius 2 is 1.96 bits per heavy atom. The quantitative estimate of drug-likeness (QED) is 0.753. The van der Waals surface area contributed by atoms with Crippen LogP contribution in [0.3, 0.4) is 0 Å². The van der Waals surface area contributed by atoms with Gasteiger partial charge in [-0.25, -0.2) is 4.98 Å². The molecule has 0 spiro atoms. The second-order valence-corrected chi connectivity index (χ2v) is 5.25. The zero-order valence-corrected chi connectivity index (χ0v) is 13.0. The van der Waals surface area contributed by atoms with Crippen LogP contribution in [0.25, 0.3) is 11.3 Å². The summed E-state index contributed by atoms with van der Waals surface area (Å²) in [7, 11) is 0. The Balaban J connectivity index is 1.77. The van der Waals surface area contributed by atoms with Gasteiger partial charge < -0.3 is 14.4 Å². The van der Waals surface area contributed by atoms with E-state index in [0.717, 1.165) is 11.1 Å². The molecule has 6 heteroatoms. The highest BCUT2D eigenvalue weighted by Gasteiger charge is 2.16. The number of aliphatic hydroxyl groups excluding tert-OH is 1. The molecule has 24 heavy (non-hydrogen) atoms. The Hall–Kier alpha value is -2.99. The van der Waals surface area contributed by atoms with E-state index in [1.54, 1.807) is 35.6 Å². The van der Waals surface area contributed by atoms with Crippen molar-refractivity contribution >= 4 is 5.91 Å². The lowest BCUT2D eigenvalue weighted by atomic mass is 10.1. The maximum atomic E-state index is 12.7. The third-order valence-corrected chi connectivity index (χ3v) is 3.60. The number of nitrogens with zero attached hydrogens (tertiary/aromatic N) is 3. The van der Waals surface area contributed by atoms with Crippen LogP contribution in [0.5, 0.6) is 0 Å². The number of pyridine rings is 1. The smallest absolute Gasteiger partial charge is 0.254 e. The van der Waals surface area contributed by atoms with Crippen molar-refractivity contribution in [2.24, 2.45) is 0 Å². The average molecular weight is 323 g/mol. The molecular formula is C18H17N3O3. The molecule has 0 saturated heterocycles. The first-order valence-corrected chi connectivity index (χ1v) is 7.56. The van der Waals surface area contributed by atoms with Crippen molar-refractivity contribution in [2.45, 2.75) is 6.54 Å². The monoisotopic (exact) mass is 323 g/mol. The van der Waals surface area contributed by atoms with E-state index in [4.69, 9.17) is 4.42 Å². The largest absolute Gasteiger partial charge is 0.444 e. The van der Waals surface area contributed by atoms with E-state index >= 15 is 0 Å². The molecule has 6 nitrogen and oxygen atoms in total. The SMILES string of the molecule is O=C(c1ccc(-c2cnco2)cc1)N(CCO)Cc1cccnc1. The predicted octanol–water partition coefficient (Wildman–Crippen LogP) is 2.37. The molecule has 0 radical (unpaired) electrons. The molecule has 0 saturated carbocycles. The Labute approximate surface area is 139 Å². The van der Waals surface area contributed by atoms with E-state index in [1.165, 1.54) is 6.39 Å². The molecule has 0 aliphatic carbocycles. The van der Waals surface area contributed by atoms with E-state index in [0.29, 0.717) is 17.9 Å². The summed E-state index contributed by atoms with van der Waals surface area (Å²) >= 11 is 0. The van der Waals surface area contributed by atoms with Gasteiger partial charge in [-0.05, 0) is 23.8 Å². The third kappa shape index (κ3) is 3.67. The fraction of sp³-hybridized carbons (Fsp3) is 0.167. The topological polar surface area (TPSA) is 79.5 Å². The van der Waals surface area contributed by atoms with E-state index in [1.807, 2.05) is 24.3 Å². The minimum Gasteiger partial charge on any atom is -0.444 e. The molecule has 1 aromatic carbocycles. The van der Waals surface area contributed by atoms with Gasteiger partial charge in [0, 0.05) is 36.6 Å². The summed E-state index contributed by atoms with van der Waals surface area (Å²) in [4.78, 5) is 22.2. The summed E-state index contributed by atoms with van der Waals surface area (Å²) in [6.07, 6.45) is 6.39. The minimum absolute atomic E-state index is 0.0951. The van der Waals surface area contributed by atoms with Gasteiger partial charge in [-0.3, -0.25) is 9.78 Å². The van der Waals surface area contributed by atoms with Gasteiger partial charge in [0.05, 0.1) is 12.8 Å². The van der Waals surface area contributed by atoms with Crippen molar-refractivity contribution in [3.63, 3.8) is 0 Å². The van der Waals surface area contributed by atoms with Crippen molar-refractivity contribution < 1.29 is 14.3 Å². The highest BCUT2D eigenvalue weighted by Crippen LogP contribution is 2.19. The summed E-state index contributed by atoms with van der Waals surface area (Å²) in [6, 6.07) is 10.8. The summed E-state index contributed by atoms with van der Waals surface area (Å²) in [5.74, 6) is 0.508. The number of oxazole rings is 1. The van der Waals surface area contributed by atoms with E-state index in [9.17, 15) is 9.90 Å². The van der Waals surface area contributed by atoms with Crippen molar-refractivity contribution in [1.82, 2.24) is 14.9 Å². The zero-order chi connectivity index (χ0) is 16.8. The number of rotatable bonds is 6. The van der Waals surface area contributed by atoms with Crippen LogP contribution in [0, 0.1) is 0 Å². The highest BCUT2D eigenvalue weighted by molar-refractivity contribution is 5.94. The normalized spacial score (nSPS) is 10.5. The molecular weight excluding hydrogens is 306 g/mol. The zero-order valence-electron chi connectivity index (χ0n) is 13.0. The molecule has 0 aliphatic rings. The van der Waals surface area contributed by atoms with Crippen molar-refractivity contribution in [3.8, 4) is 11.3 Å². The van der Waals surface area contributed by atoms with Crippen LogP contribution in [0.4, 0.5) is 0 Å². The minimum atomic E-state index is -0.142. The van der Waals surface area contributed by atoms with Crippen LogP contribution < -0.4 is 0 Å². The second-order valence-electron chi connectivity index (χ2n) is 5.25. The number of aromatic nitrogens is 2. The molecule has 0 aliphatic heterocycles. The number of amides is 1. The molecule has 3 rings (SSSR count). The number of carbonyl (C=O) groups is 1. The molecule has 1 N–H and O–H groups in total. The summed E-state index contributed by atoms with van der Waals surface area (Å²) in [5, 5.41) is 9.25. The molecule has 3 aromatic rings. The number of carbonyl (C=O) groups excluding carboxylic acids is 1. The van der Waals surface area contributed by atoms with Crippen LogP contribution >= 0.6 is 0 Å². The summed E-state index contributed by atoms with van der Waals surface area (Å²) in [5.41, 5.74) is 2.32. The van der Waals surface area contributed by atoms with Crippen molar-refractivity contribution in [2.75, 3.05) is 13.2 Å². The number of aliphatic hydroxyl groups is 1. The summed E-state index contributed by atoms with van der Waals surface area (Å²) in [6.45, 7) is 0.566. The van der Waals surface area contributed by atoms with Gasteiger partial charge in [-0.15, -0.1) is 0 Å². The number of hydrogen-bond donors (Lipinski definition) is 1. The molecule has 2 heterocycles. The second kappa shape index (κ2) is 7.52. The Morgan fingerprint density at radius 3 is 2.58 bits per heavy atom. The molecule has 0 fully saturated rings. The maximum absolute atomic E-state index is 12.7. The van der Waals surface area contributed by atoms with Gasteiger partial charge in [0.25, 0.3) is 5.91 Å². The van der Waals surface area contributed by atoms with E-state index < -0.39 is 0 Å². The fourth-order valence-corrected chi connectivity index (χ4v) is 2.40. The average Bonchev–Trinajstić information content (AvgIpc) is 3.16. The van der Waals surface area contributed by atoms with Gasteiger partial charge in [0.15, 0.2) is 12.2 Å². The van der Waals surface area contributed by atoms with E-state index in [2.05, 4.69) is 9.97 Å². The van der Waals surface area contributed by atoms with Gasteiger partial charge >= 0.3 is 0 Å². The van der Waals surface area contributed by atoms with Crippen molar-refractivity contribution in [3.05, 3.63) is 72.5 Å². The van der Waals surface area contributed by atoms with Gasteiger partial charge in [0.2, 0.25) is 0 Å². The van der Waals surface area contributed by atoms with Crippen LogP contribution in [0.15, 0.2) is 65.8 Å². The number of benzene rings is 1. The number of hydrogen-bond acceptors (Lipinski definition) is 5. The third-order valence-electron chi connectivity index (χ3n) is 3.60. The van der Waals surface area contributed by atoms with Crippen LogP contribution in [-0.2, 0) is 6.54 Å². The van der Waals surface area contributed by atoms with Gasteiger partial charge in [0.1, 0.15) is 0 Å². The van der Waals surface area contributed by atoms with Gasteiger partial charge in [-0.2, -0.15) is 0 Å². The van der Waals surface area contributed by atoms with Crippen LogP contribution in [0.1, 0.15) is 15.9 Å². The predicted molar refractivity (Wildman–Crippen MR) is 88.0 cm³/mol. The first kappa shape index (κ1) is 15.9. The lowest BCUT2D eigenvalue weighted by Gasteiger charge is -2.22. The fourth-order valence-electron chi connectivity index (χ4n) is 2.40. The molecule has 1 amide bonds. The van der Waals surface area contributed by atoms with Crippen LogP contribution in [-0.4, -0.2) is 39.0 Å². The van der Waals surface area contributed by atoms with Crippen molar-refractivity contribution in [1.29, 1.82) is 0 Å². The lowest BCUT2D eigenvalue weighted by molar-refractivity contribution is 0.0707. The van der Waals surface area contributed by atoms with Gasteiger partial charge in [-0.1, -0.05) is 18.2 Å². The first-order valence-electron chi connectivity index (χ1n) is 7.56.